The van der Waals surface area contributed by atoms with Gasteiger partial charge in [-0.25, -0.2) is 0 Å². The van der Waals surface area contributed by atoms with E-state index in [0.717, 1.165) is 33.3 Å². The monoisotopic (exact) mass is 285 g/mol. The molecule has 6 heteroatoms. The highest BCUT2D eigenvalue weighted by atomic mass is 32.2. The van der Waals surface area contributed by atoms with Crippen LogP contribution in [0, 0.1) is 0 Å². The molecule has 0 fully saturated rings. The van der Waals surface area contributed by atoms with Crippen LogP contribution in [0.15, 0.2) is 41.6 Å². The van der Waals surface area contributed by atoms with E-state index in [1.165, 1.54) is 0 Å². The van der Waals surface area contributed by atoms with Crippen LogP contribution in [0.3, 0.4) is 0 Å². The molecule has 0 aliphatic carbocycles. The molecule has 0 saturated carbocycles. The molecule has 0 saturated heterocycles. The third-order valence-electron chi connectivity index (χ3n) is 3.11. The Hall–Kier alpha value is -1.92. The van der Waals surface area contributed by atoms with Crippen LogP contribution < -0.4 is 5.73 Å². The summed E-state index contributed by atoms with van der Waals surface area (Å²) in [5.74, 6) is 1.56. The summed E-state index contributed by atoms with van der Waals surface area (Å²) in [6.45, 7) is 0.401. The number of thioether (sulfide) groups is 1. The fourth-order valence-electron chi connectivity index (χ4n) is 1.98. The second kappa shape index (κ2) is 5.60. The molecule has 102 valence electrons. The lowest BCUT2D eigenvalue weighted by atomic mass is 10.2. The maximum atomic E-state index is 5.59. The highest BCUT2D eigenvalue weighted by Crippen LogP contribution is 2.21. The predicted octanol–water partition coefficient (Wildman–Crippen LogP) is 2.11. The summed E-state index contributed by atoms with van der Waals surface area (Å²) in [4.78, 5) is 4.64. The molecule has 0 amide bonds. The lowest BCUT2D eigenvalue weighted by Gasteiger charge is -2.03. The summed E-state index contributed by atoms with van der Waals surface area (Å²) in [5, 5.41) is 10.2. The highest BCUT2D eigenvalue weighted by molar-refractivity contribution is 7.98. The van der Waals surface area contributed by atoms with E-state index in [1.807, 2.05) is 29.8 Å². The average molecular weight is 285 g/mol. The second-order valence-electron chi connectivity index (χ2n) is 4.45. The van der Waals surface area contributed by atoms with Crippen molar-refractivity contribution in [2.45, 2.75) is 17.5 Å². The Bertz CT molecular complexity index is 737. The number of hydrogen-bond acceptors (Lipinski definition) is 5. The van der Waals surface area contributed by atoms with Crippen molar-refractivity contribution in [1.29, 1.82) is 0 Å². The third kappa shape index (κ3) is 2.52. The number of para-hydroxylation sites is 1. The van der Waals surface area contributed by atoms with E-state index >= 15 is 0 Å². The number of nitrogens with zero attached hydrogens (tertiary/aromatic N) is 4. The van der Waals surface area contributed by atoms with Crippen molar-refractivity contribution in [2.24, 2.45) is 12.8 Å². The molecular formula is C14H15N5S. The maximum absolute atomic E-state index is 5.59. The van der Waals surface area contributed by atoms with Crippen LogP contribution in [-0.2, 0) is 19.3 Å². The van der Waals surface area contributed by atoms with Gasteiger partial charge in [0.05, 0.1) is 17.8 Å². The van der Waals surface area contributed by atoms with Crippen molar-refractivity contribution < 1.29 is 0 Å². The summed E-state index contributed by atoms with van der Waals surface area (Å²) in [7, 11) is 1.93. The van der Waals surface area contributed by atoms with Crippen molar-refractivity contribution in [1.82, 2.24) is 19.7 Å². The molecule has 0 radical (unpaired) electrons. The minimum Gasteiger partial charge on any atom is -0.324 e. The number of aromatic nitrogens is 4. The standard InChI is InChI=1S/C14H15N5S/c1-19-13(8-15)17-18-14(19)20-9-11-7-6-10-4-2-3-5-12(10)16-11/h2-7H,8-9,15H2,1H3. The van der Waals surface area contributed by atoms with Gasteiger partial charge in [0.2, 0.25) is 0 Å². The number of benzene rings is 1. The number of rotatable bonds is 4. The van der Waals surface area contributed by atoms with Crippen LogP contribution in [0.5, 0.6) is 0 Å². The fourth-order valence-corrected chi connectivity index (χ4v) is 2.81. The molecule has 0 atom stereocenters. The molecule has 0 aliphatic heterocycles. The van der Waals surface area contributed by atoms with Gasteiger partial charge in [0, 0.05) is 18.2 Å². The van der Waals surface area contributed by atoms with Gasteiger partial charge in [-0.1, -0.05) is 36.0 Å². The summed E-state index contributed by atoms with van der Waals surface area (Å²) in [5.41, 5.74) is 7.64. The van der Waals surface area contributed by atoms with E-state index in [-0.39, 0.29) is 0 Å². The minimum atomic E-state index is 0.401. The van der Waals surface area contributed by atoms with E-state index < -0.39 is 0 Å². The van der Waals surface area contributed by atoms with Crippen LogP contribution >= 0.6 is 11.8 Å². The number of pyridine rings is 1. The largest absolute Gasteiger partial charge is 0.324 e. The first-order valence-corrected chi connectivity index (χ1v) is 7.32. The Morgan fingerprint density at radius 2 is 2.00 bits per heavy atom. The Kier molecular flexibility index (Phi) is 3.66. The maximum Gasteiger partial charge on any atom is 0.191 e. The first-order chi connectivity index (χ1) is 9.78. The molecule has 3 rings (SSSR count). The van der Waals surface area contributed by atoms with Crippen LogP contribution in [0.4, 0.5) is 0 Å². The minimum absolute atomic E-state index is 0.401. The Morgan fingerprint density at radius 1 is 1.15 bits per heavy atom. The molecule has 0 unspecified atom stereocenters. The van der Waals surface area contributed by atoms with Gasteiger partial charge in [-0.05, 0) is 12.1 Å². The molecule has 0 bridgehead atoms. The lowest BCUT2D eigenvalue weighted by Crippen LogP contribution is -2.05. The van der Waals surface area contributed by atoms with Gasteiger partial charge in [0.25, 0.3) is 0 Å². The van der Waals surface area contributed by atoms with Gasteiger partial charge in [-0.3, -0.25) is 4.98 Å². The smallest absolute Gasteiger partial charge is 0.191 e. The average Bonchev–Trinajstić information content (AvgIpc) is 2.85. The lowest BCUT2D eigenvalue weighted by molar-refractivity contribution is 0.734. The summed E-state index contributed by atoms with van der Waals surface area (Å²) < 4.78 is 1.92. The number of fused-ring (bicyclic) bond motifs is 1. The second-order valence-corrected chi connectivity index (χ2v) is 5.39. The quantitative estimate of drug-likeness (QED) is 0.744. The van der Waals surface area contributed by atoms with Crippen molar-refractivity contribution in [2.75, 3.05) is 0 Å². The molecule has 1 aromatic carbocycles. The zero-order valence-corrected chi connectivity index (χ0v) is 12.0. The van der Waals surface area contributed by atoms with E-state index in [4.69, 9.17) is 5.73 Å². The molecular weight excluding hydrogens is 270 g/mol. The van der Waals surface area contributed by atoms with Crippen molar-refractivity contribution >= 4 is 22.7 Å². The van der Waals surface area contributed by atoms with Crippen LogP contribution in [0.2, 0.25) is 0 Å². The van der Waals surface area contributed by atoms with Gasteiger partial charge >= 0.3 is 0 Å². The van der Waals surface area contributed by atoms with Crippen molar-refractivity contribution in [3.8, 4) is 0 Å². The fraction of sp³-hybridized carbons (Fsp3) is 0.214. The molecule has 0 spiro atoms. The topological polar surface area (TPSA) is 69.6 Å². The Balaban J connectivity index is 1.77. The number of hydrogen-bond donors (Lipinski definition) is 1. The van der Waals surface area contributed by atoms with E-state index in [0.29, 0.717) is 6.54 Å². The molecule has 20 heavy (non-hydrogen) atoms. The zero-order valence-electron chi connectivity index (χ0n) is 11.2. The van der Waals surface area contributed by atoms with Crippen LogP contribution in [0.1, 0.15) is 11.5 Å². The van der Waals surface area contributed by atoms with E-state index in [9.17, 15) is 0 Å². The van der Waals surface area contributed by atoms with Crippen molar-refractivity contribution in [3.05, 3.63) is 47.9 Å². The summed E-state index contributed by atoms with van der Waals surface area (Å²) in [6, 6.07) is 12.3. The molecule has 3 aromatic rings. The van der Waals surface area contributed by atoms with Gasteiger partial charge in [-0.2, -0.15) is 0 Å². The van der Waals surface area contributed by atoms with Crippen LogP contribution in [-0.4, -0.2) is 19.7 Å². The first-order valence-electron chi connectivity index (χ1n) is 6.34. The summed E-state index contributed by atoms with van der Waals surface area (Å²) in [6.07, 6.45) is 0. The molecule has 0 aliphatic rings. The Labute approximate surface area is 121 Å². The van der Waals surface area contributed by atoms with E-state index in [1.54, 1.807) is 11.8 Å². The van der Waals surface area contributed by atoms with Crippen LogP contribution in [0.25, 0.3) is 10.9 Å². The van der Waals surface area contributed by atoms with Gasteiger partial charge in [0.1, 0.15) is 5.82 Å². The highest BCUT2D eigenvalue weighted by Gasteiger charge is 2.08. The summed E-state index contributed by atoms with van der Waals surface area (Å²) >= 11 is 1.62. The molecule has 2 aromatic heterocycles. The molecule has 2 heterocycles. The normalized spacial score (nSPS) is 11.1. The van der Waals surface area contributed by atoms with Gasteiger partial charge < -0.3 is 10.3 Å². The number of nitrogens with two attached hydrogens (primary N) is 1. The first kappa shape index (κ1) is 13.1. The van der Waals surface area contributed by atoms with Gasteiger partial charge in [0.15, 0.2) is 5.16 Å². The molecule has 5 nitrogen and oxygen atoms in total. The van der Waals surface area contributed by atoms with Crippen molar-refractivity contribution in [3.63, 3.8) is 0 Å². The SMILES string of the molecule is Cn1c(CN)nnc1SCc1ccc2ccccc2n1. The van der Waals surface area contributed by atoms with E-state index in [2.05, 4.69) is 33.4 Å². The Morgan fingerprint density at radius 3 is 2.80 bits per heavy atom. The predicted molar refractivity (Wildman–Crippen MR) is 80.2 cm³/mol. The van der Waals surface area contributed by atoms with Gasteiger partial charge in [-0.15, -0.1) is 10.2 Å². The third-order valence-corrected chi connectivity index (χ3v) is 4.17. The molecule has 2 N–H and O–H groups in total. The zero-order chi connectivity index (χ0) is 13.9.